The fourth-order valence-corrected chi connectivity index (χ4v) is 3.44. The number of hydrogen-bond donors (Lipinski definition) is 3. The molecule has 1 fully saturated rings. The van der Waals surface area contributed by atoms with Crippen molar-refractivity contribution in [2.24, 2.45) is 10.9 Å². The smallest absolute Gasteiger partial charge is 0.191 e. The maximum atomic E-state index is 9.25. The Labute approximate surface area is 164 Å². The van der Waals surface area contributed by atoms with Crippen LogP contribution in [-0.4, -0.2) is 57.1 Å². The number of nitrogens with one attached hydrogen (secondary N) is 2. The highest BCUT2D eigenvalue weighted by atomic mass is 16.5. The Morgan fingerprint density at radius 3 is 2.67 bits per heavy atom. The van der Waals surface area contributed by atoms with E-state index in [0.717, 1.165) is 64.6 Å². The van der Waals surface area contributed by atoms with Gasteiger partial charge in [0.05, 0.1) is 19.8 Å². The molecule has 0 radical (unpaired) electrons. The molecule has 1 aromatic carbocycles. The third-order valence-corrected chi connectivity index (χ3v) is 4.89. The molecule has 0 aliphatic carbocycles. The second-order valence-electron chi connectivity index (χ2n) is 6.97. The largest absolute Gasteiger partial charge is 0.396 e. The number of ether oxygens (including phenoxy) is 1. The lowest BCUT2D eigenvalue weighted by Gasteiger charge is -2.30. The van der Waals surface area contributed by atoms with Gasteiger partial charge in [-0.25, -0.2) is 4.99 Å². The number of aliphatic hydroxyl groups excluding tert-OH is 1. The highest BCUT2D eigenvalue weighted by Gasteiger charge is 2.14. The molecule has 6 nitrogen and oxygen atoms in total. The number of benzene rings is 1. The van der Waals surface area contributed by atoms with Crippen LogP contribution in [-0.2, 0) is 11.3 Å². The average Bonchev–Trinajstić information content (AvgIpc) is 2.71. The molecule has 3 N–H and O–H groups in total. The molecule has 1 heterocycles. The Kier molecular flexibility index (Phi) is 10.0. The monoisotopic (exact) mass is 376 g/mol. The van der Waals surface area contributed by atoms with Crippen molar-refractivity contribution in [2.45, 2.75) is 39.7 Å². The van der Waals surface area contributed by atoms with Gasteiger partial charge in [0.15, 0.2) is 5.96 Å². The van der Waals surface area contributed by atoms with Gasteiger partial charge in [0.1, 0.15) is 0 Å². The van der Waals surface area contributed by atoms with Crippen molar-refractivity contribution < 1.29 is 9.84 Å². The lowest BCUT2D eigenvalue weighted by Crippen LogP contribution is -2.40. The van der Waals surface area contributed by atoms with E-state index in [9.17, 15) is 5.11 Å². The molecule has 6 heteroatoms. The molecule has 1 aromatic rings. The number of para-hydroxylation sites is 1. The summed E-state index contributed by atoms with van der Waals surface area (Å²) in [6.45, 7) is 10.2. The first-order valence-corrected chi connectivity index (χ1v) is 10.3. The number of aliphatic hydroxyl groups is 1. The molecule has 0 spiro atoms. The summed E-state index contributed by atoms with van der Waals surface area (Å²) in [5.74, 6) is 1.32. The highest BCUT2D eigenvalue weighted by Crippen LogP contribution is 2.22. The van der Waals surface area contributed by atoms with E-state index in [-0.39, 0.29) is 6.61 Å². The van der Waals surface area contributed by atoms with Crippen molar-refractivity contribution in [1.82, 2.24) is 10.6 Å². The highest BCUT2D eigenvalue weighted by molar-refractivity contribution is 5.79. The Morgan fingerprint density at radius 2 is 1.96 bits per heavy atom. The number of hydrogen-bond acceptors (Lipinski definition) is 4. The van der Waals surface area contributed by atoms with Gasteiger partial charge in [-0.05, 0) is 37.3 Å². The third-order valence-electron chi connectivity index (χ3n) is 4.89. The number of nitrogens with zero attached hydrogens (tertiary/aromatic N) is 2. The molecule has 1 unspecified atom stereocenters. The van der Waals surface area contributed by atoms with Crippen molar-refractivity contribution >= 4 is 11.6 Å². The van der Waals surface area contributed by atoms with E-state index in [1.54, 1.807) is 0 Å². The van der Waals surface area contributed by atoms with Crippen LogP contribution < -0.4 is 15.5 Å². The van der Waals surface area contributed by atoms with Crippen molar-refractivity contribution in [3.63, 3.8) is 0 Å². The van der Waals surface area contributed by atoms with Crippen LogP contribution in [0.15, 0.2) is 29.3 Å². The van der Waals surface area contributed by atoms with Crippen LogP contribution in [0.1, 0.15) is 38.7 Å². The van der Waals surface area contributed by atoms with Crippen LogP contribution in [0.3, 0.4) is 0 Å². The second kappa shape index (κ2) is 12.6. The van der Waals surface area contributed by atoms with Gasteiger partial charge < -0.3 is 25.4 Å². The fourth-order valence-electron chi connectivity index (χ4n) is 3.44. The molecule has 1 aliphatic rings. The molecule has 152 valence electrons. The zero-order valence-corrected chi connectivity index (χ0v) is 16.9. The number of guanidine groups is 1. The molecule has 1 atom stereocenters. The van der Waals surface area contributed by atoms with E-state index < -0.39 is 0 Å². The van der Waals surface area contributed by atoms with Crippen molar-refractivity contribution in [3.8, 4) is 0 Å². The molecule has 1 saturated heterocycles. The van der Waals surface area contributed by atoms with Gasteiger partial charge in [0.2, 0.25) is 0 Å². The minimum Gasteiger partial charge on any atom is -0.396 e. The summed E-state index contributed by atoms with van der Waals surface area (Å²) in [6, 6.07) is 8.50. The Hall–Kier alpha value is -1.79. The average molecular weight is 377 g/mol. The van der Waals surface area contributed by atoms with Crippen LogP contribution in [0.4, 0.5) is 5.69 Å². The van der Waals surface area contributed by atoms with Crippen LogP contribution in [0.2, 0.25) is 0 Å². The van der Waals surface area contributed by atoms with E-state index in [1.807, 2.05) is 0 Å². The summed E-state index contributed by atoms with van der Waals surface area (Å²) in [7, 11) is 0. The number of rotatable bonds is 10. The lowest BCUT2D eigenvalue weighted by atomic mass is 10.0. The van der Waals surface area contributed by atoms with Gasteiger partial charge in [-0.1, -0.05) is 31.5 Å². The first-order chi connectivity index (χ1) is 13.3. The summed E-state index contributed by atoms with van der Waals surface area (Å²) < 4.78 is 5.48. The van der Waals surface area contributed by atoms with Crippen molar-refractivity contribution in [3.05, 3.63) is 29.8 Å². The molecule has 2 rings (SSSR count). The SMILES string of the molecule is CCCC(CCO)CNC(=NCc1ccccc1N1CCOCC1)NCC. The summed E-state index contributed by atoms with van der Waals surface area (Å²) >= 11 is 0. The van der Waals surface area contributed by atoms with E-state index in [2.05, 4.69) is 53.6 Å². The molecule has 0 amide bonds. The number of aliphatic imine (C=N–C) groups is 1. The van der Waals surface area contributed by atoms with Crippen LogP contribution in [0.25, 0.3) is 0 Å². The van der Waals surface area contributed by atoms with Crippen molar-refractivity contribution in [2.75, 3.05) is 50.9 Å². The lowest BCUT2D eigenvalue weighted by molar-refractivity contribution is 0.122. The van der Waals surface area contributed by atoms with E-state index in [0.29, 0.717) is 12.5 Å². The topological polar surface area (TPSA) is 69.1 Å². The molecule has 0 aromatic heterocycles. The van der Waals surface area contributed by atoms with Gasteiger partial charge in [-0.3, -0.25) is 0 Å². The number of morpholine rings is 1. The minimum absolute atomic E-state index is 0.243. The quantitative estimate of drug-likeness (QED) is 0.432. The third kappa shape index (κ3) is 7.39. The van der Waals surface area contributed by atoms with Crippen LogP contribution in [0, 0.1) is 5.92 Å². The van der Waals surface area contributed by atoms with Crippen LogP contribution >= 0.6 is 0 Å². The van der Waals surface area contributed by atoms with Gasteiger partial charge in [0.25, 0.3) is 0 Å². The second-order valence-corrected chi connectivity index (χ2v) is 6.97. The van der Waals surface area contributed by atoms with E-state index >= 15 is 0 Å². The molecule has 0 saturated carbocycles. The molecular formula is C21H36N4O2. The Balaban J connectivity index is 2.01. The Morgan fingerprint density at radius 1 is 1.19 bits per heavy atom. The zero-order chi connectivity index (χ0) is 19.3. The summed E-state index contributed by atoms with van der Waals surface area (Å²) in [4.78, 5) is 7.19. The fraction of sp³-hybridized carbons (Fsp3) is 0.667. The normalized spacial score (nSPS) is 16.3. The predicted octanol–water partition coefficient (Wildman–Crippen LogP) is 2.38. The van der Waals surface area contributed by atoms with Gasteiger partial charge in [-0.15, -0.1) is 0 Å². The first kappa shape index (κ1) is 21.5. The standard InChI is InChI=1S/C21H36N4O2/c1-3-7-18(10-13-26)16-23-21(22-4-2)24-17-19-8-5-6-9-20(19)25-11-14-27-15-12-25/h5-6,8-9,18,26H,3-4,7,10-17H2,1-2H3,(H2,22,23,24). The summed E-state index contributed by atoms with van der Waals surface area (Å²) in [6.07, 6.45) is 3.08. The predicted molar refractivity (Wildman–Crippen MR) is 112 cm³/mol. The first-order valence-electron chi connectivity index (χ1n) is 10.3. The van der Waals surface area contributed by atoms with Gasteiger partial charge >= 0.3 is 0 Å². The summed E-state index contributed by atoms with van der Waals surface area (Å²) in [5, 5.41) is 16.0. The van der Waals surface area contributed by atoms with Crippen LogP contribution in [0.5, 0.6) is 0 Å². The minimum atomic E-state index is 0.243. The number of anilines is 1. The molecule has 1 aliphatic heterocycles. The van der Waals surface area contributed by atoms with E-state index in [4.69, 9.17) is 9.73 Å². The molecule has 27 heavy (non-hydrogen) atoms. The van der Waals surface area contributed by atoms with Crippen molar-refractivity contribution in [1.29, 1.82) is 0 Å². The van der Waals surface area contributed by atoms with E-state index in [1.165, 1.54) is 11.3 Å². The van der Waals surface area contributed by atoms with Gasteiger partial charge in [-0.2, -0.15) is 0 Å². The van der Waals surface area contributed by atoms with Gasteiger partial charge in [0, 0.05) is 38.5 Å². The summed E-state index contributed by atoms with van der Waals surface area (Å²) in [5.41, 5.74) is 2.49. The maximum Gasteiger partial charge on any atom is 0.191 e. The molecule has 0 bridgehead atoms. The molecular weight excluding hydrogens is 340 g/mol. The Bertz CT molecular complexity index is 553. The maximum absolute atomic E-state index is 9.25. The zero-order valence-electron chi connectivity index (χ0n) is 16.9.